The summed E-state index contributed by atoms with van der Waals surface area (Å²) in [4.78, 5) is 118. The zero-order valence-corrected chi connectivity index (χ0v) is 45.1. The van der Waals surface area contributed by atoms with Gasteiger partial charge in [-0.25, -0.2) is 0 Å². The third-order valence-electron chi connectivity index (χ3n) is 15.0. The van der Waals surface area contributed by atoms with Crippen molar-refractivity contribution in [2.45, 2.75) is 161 Å². The molecular weight excluding hydrogens is 965 g/mol. The molecule has 4 heterocycles. The molecular formula is C55H76N8O12. The highest BCUT2D eigenvalue weighted by Crippen LogP contribution is 2.37. The summed E-state index contributed by atoms with van der Waals surface area (Å²) in [5, 5.41) is 43.3. The van der Waals surface area contributed by atoms with Crippen molar-refractivity contribution >= 4 is 57.8 Å². The number of ketones is 1. The van der Waals surface area contributed by atoms with Crippen LogP contribution in [0.5, 0.6) is 5.75 Å². The first kappa shape index (κ1) is 57.6. The topological polar surface area (TPSA) is 266 Å². The lowest BCUT2D eigenvalue weighted by Gasteiger charge is -2.46. The van der Waals surface area contributed by atoms with Gasteiger partial charge in [-0.2, -0.15) is 0 Å². The normalized spacial score (nSPS) is 27.2. The number of aromatic nitrogens is 1. The largest absolute Gasteiger partial charge is 0.502 e. The number of phenols is 1. The minimum Gasteiger partial charge on any atom is -0.502 e. The lowest BCUT2D eigenvalue weighted by molar-refractivity contribution is -0.385. The number of para-hydroxylation sites is 1. The zero-order chi connectivity index (χ0) is 55.4. The number of benzene rings is 2. The molecule has 1 aromatic heterocycles. The number of piperidine rings is 1. The summed E-state index contributed by atoms with van der Waals surface area (Å²) in [6, 6.07) is 3.40. The van der Waals surface area contributed by atoms with Crippen molar-refractivity contribution in [3.8, 4) is 5.75 Å². The molecule has 5 N–H and O–H groups in total. The number of likely N-dealkylation sites (N-methyl/N-ethyl adjacent to an activating group) is 2. The lowest BCUT2D eigenvalue weighted by atomic mass is 9.88. The van der Waals surface area contributed by atoms with Crippen LogP contribution in [0.3, 0.4) is 0 Å². The van der Waals surface area contributed by atoms with E-state index in [0.29, 0.717) is 12.2 Å². The van der Waals surface area contributed by atoms with Crippen molar-refractivity contribution in [3.63, 3.8) is 0 Å². The number of allylic oxidation sites excluding steroid dienone is 1. The van der Waals surface area contributed by atoms with Crippen LogP contribution in [0.15, 0.2) is 60.8 Å². The smallest absolute Gasteiger partial charge is 0.310 e. The predicted octanol–water partition coefficient (Wildman–Crippen LogP) is 4.51. The van der Waals surface area contributed by atoms with Crippen LogP contribution in [0.4, 0.5) is 5.69 Å². The minimum atomic E-state index is -1.45. The van der Waals surface area contributed by atoms with Crippen molar-refractivity contribution in [1.82, 2.24) is 35.2 Å². The van der Waals surface area contributed by atoms with Gasteiger partial charge < -0.3 is 50.2 Å². The number of nitro groups is 1. The van der Waals surface area contributed by atoms with E-state index in [9.17, 15) is 49.1 Å². The first-order valence-corrected chi connectivity index (χ1v) is 26.0. The summed E-state index contributed by atoms with van der Waals surface area (Å²) in [6.45, 7) is 17.0. The first-order valence-electron chi connectivity index (χ1n) is 26.0. The monoisotopic (exact) mass is 1040 g/mol. The quantitative estimate of drug-likeness (QED) is 0.0686. The van der Waals surface area contributed by atoms with Crippen LogP contribution in [0.2, 0.25) is 0 Å². The van der Waals surface area contributed by atoms with E-state index in [4.69, 9.17) is 4.74 Å². The third-order valence-corrected chi connectivity index (χ3v) is 15.0. The maximum atomic E-state index is 15.4. The van der Waals surface area contributed by atoms with Crippen molar-refractivity contribution < 1.29 is 53.4 Å². The van der Waals surface area contributed by atoms with Gasteiger partial charge in [0.2, 0.25) is 35.4 Å². The van der Waals surface area contributed by atoms with Crippen LogP contribution >= 0.6 is 0 Å². The number of aliphatic hydroxyl groups excluding tert-OH is 1. The van der Waals surface area contributed by atoms with E-state index >= 15 is 4.79 Å². The van der Waals surface area contributed by atoms with Crippen molar-refractivity contribution in [1.29, 1.82) is 0 Å². The van der Waals surface area contributed by atoms with Crippen LogP contribution < -0.4 is 16.0 Å². The van der Waals surface area contributed by atoms with E-state index in [1.165, 1.54) is 36.9 Å². The Kier molecular flexibility index (Phi) is 18.4. The summed E-state index contributed by atoms with van der Waals surface area (Å²) in [7, 11) is 2.84. The Balaban J connectivity index is 1.51. The number of nitrogens with one attached hydrogen (secondary N) is 3. The molecule has 3 fully saturated rings. The number of nitrogens with zero attached hydrogens (tertiary/aromatic N) is 5. The summed E-state index contributed by atoms with van der Waals surface area (Å²) in [6.07, 6.45) is 3.08. The molecule has 3 aromatic rings. The van der Waals surface area contributed by atoms with Gasteiger partial charge in [-0.1, -0.05) is 78.0 Å². The maximum Gasteiger partial charge on any atom is 0.310 e. The van der Waals surface area contributed by atoms with Crippen molar-refractivity contribution in [3.05, 3.63) is 82.1 Å². The van der Waals surface area contributed by atoms with Gasteiger partial charge in [0.05, 0.1) is 23.1 Å². The molecule has 20 heteroatoms. The second kappa shape index (κ2) is 23.9. The molecule has 0 saturated carbocycles. The fourth-order valence-corrected chi connectivity index (χ4v) is 10.5. The zero-order valence-electron chi connectivity index (χ0n) is 45.1. The number of aromatic hydroxyl groups is 1. The number of fused-ring (bicyclic) bond motifs is 3. The minimum absolute atomic E-state index is 0.0186. The molecule has 6 amide bonds. The summed E-state index contributed by atoms with van der Waals surface area (Å²) in [5.74, 6) is -7.62. The van der Waals surface area contributed by atoms with E-state index in [2.05, 4.69) is 34.4 Å². The number of hydrogen-bond donors (Lipinski definition) is 5. The molecule has 0 unspecified atom stereocenters. The van der Waals surface area contributed by atoms with Gasteiger partial charge >= 0.3 is 5.69 Å². The Morgan fingerprint density at radius 3 is 2.07 bits per heavy atom. The Labute approximate surface area is 438 Å². The number of epoxide rings is 1. The first-order chi connectivity index (χ1) is 35.3. The molecule has 2 aromatic carbocycles. The van der Waals surface area contributed by atoms with Gasteiger partial charge in [0.15, 0.2) is 11.5 Å². The molecule has 20 nitrogen and oxygen atoms in total. The van der Waals surface area contributed by atoms with Crippen LogP contribution in [0, 0.1) is 33.8 Å². The van der Waals surface area contributed by atoms with E-state index < -0.39 is 124 Å². The van der Waals surface area contributed by atoms with Crippen LogP contribution in [-0.4, -0.2) is 145 Å². The number of ether oxygens (including phenoxy) is 1. The highest BCUT2D eigenvalue weighted by Gasteiger charge is 2.48. The number of phenolic OH excluding ortho intramolecular Hbond substituents is 1. The number of rotatable bonds is 13. The van der Waals surface area contributed by atoms with Crippen LogP contribution in [0.1, 0.15) is 106 Å². The molecule has 3 aliphatic heterocycles. The summed E-state index contributed by atoms with van der Waals surface area (Å²) in [5.41, 5.74) is 0.615. The average molecular weight is 1040 g/mol. The van der Waals surface area contributed by atoms with Gasteiger partial charge in [-0.15, -0.1) is 0 Å². The number of nitro benzene ring substituents is 1. The highest BCUT2D eigenvalue weighted by atomic mass is 16.6. The van der Waals surface area contributed by atoms with E-state index in [1.807, 2.05) is 58.2 Å². The molecule has 0 spiro atoms. The molecule has 3 saturated heterocycles. The summed E-state index contributed by atoms with van der Waals surface area (Å²) < 4.78 is 7.85. The predicted molar refractivity (Wildman–Crippen MR) is 280 cm³/mol. The van der Waals surface area contributed by atoms with E-state index in [1.54, 1.807) is 26.0 Å². The van der Waals surface area contributed by atoms with Gasteiger partial charge in [0, 0.05) is 61.9 Å². The lowest BCUT2D eigenvalue weighted by Crippen LogP contribution is -2.66. The molecule has 10 atom stereocenters. The van der Waals surface area contributed by atoms with Gasteiger partial charge in [-0.05, 0) is 88.0 Å². The molecule has 6 rings (SSSR count). The number of carbonyl (C=O) groups is 7. The SMILES string of the molecule is C/C=C/C[C@@H]1NC(=O)[C@H](CC(C)C)N2C(=O)[C@H](C[C@H](C)[C@H]2O)N(C)C(=O)[C@H](C)CC(=O)[C@H](Cc2ccc(O)c([N+](=O)[O-])c2)NC(=O)[C@H](CC(C)C)N(C)C(=O)[C@H](Cc2cn(C(C)(C)[C@H]3CO3)c3ccccc23)NC1=O. The van der Waals surface area contributed by atoms with Crippen molar-refractivity contribution in [2.75, 3.05) is 20.7 Å². The van der Waals surface area contributed by atoms with Gasteiger partial charge in [0.1, 0.15) is 42.5 Å². The fourth-order valence-electron chi connectivity index (χ4n) is 10.5. The number of Topliss-reactive ketones (excluding diaryl/α,β-unsaturated/α-hetero) is 1. The number of aliphatic hydroxyl groups is 1. The Morgan fingerprint density at radius 1 is 0.827 bits per heavy atom. The number of amides is 6. The van der Waals surface area contributed by atoms with Crippen molar-refractivity contribution in [2.24, 2.45) is 23.7 Å². The molecule has 3 aliphatic rings. The molecule has 2 bridgehead atoms. The van der Waals surface area contributed by atoms with E-state index in [-0.39, 0.29) is 62.0 Å². The highest BCUT2D eigenvalue weighted by molar-refractivity contribution is 5.99. The summed E-state index contributed by atoms with van der Waals surface area (Å²) >= 11 is 0. The van der Waals surface area contributed by atoms with Gasteiger partial charge in [-0.3, -0.25) is 43.7 Å². The molecule has 75 heavy (non-hydrogen) atoms. The van der Waals surface area contributed by atoms with Crippen LogP contribution in [0.25, 0.3) is 10.9 Å². The average Bonchev–Trinajstić information content (AvgIpc) is 4.16. The Bertz CT molecular complexity index is 2680. The number of carbonyl (C=O) groups excluding carboxylic acids is 7. The maximum absolute atomic E-state index is 15.4. The van der Waals surface area contributed by atoms with Gasteiger partial charge in [0.25, 0.3) is 0 Å². The standard InChI is InChI=1S/C55H76N8O12/c1-12-13-17-37-48(66)58-39(27-35-28-61(55(8,9)47-29-75-47)40-18-15-14-16-36(35)40)53(71)59(10)42(21-30(2)3)49(67)57-38(25-34-19-20-45(64)41(26-34)63(73)74)46(65)24-33(7)51(69)60(11)44-23-32(6)52(70)62(54(44)72)43(22-31(4)5)50(68)56-37/h12-16,18-20,26,28,30-33,37-39,42-44,47,52,64,70H,17,21-25,27,29H2,1-11H3,(H,56,68)(H,57,67)(H,58,66)/b13-12+/t32-,33+,37-,38-,39-,42-,43-,44-,47+,52+/m0/s1. The second-order valence-electron chi connectivity index (χ2n) is 22.1. The third kappa shape index (κ3) is 13.1. The Hall–Kier alpha value is -6.67. The van der Waals surface area contributed by atoms with Crippen LogP contribution in [-0.2, 0) is 56.7 Å². The number of hydrogen-bond acceptors (Lipinski definition) is 12. The Morgan fingerprint density at radius 2 is 1.44 bits per heavy atom. The molecule has 0 radical (unpaired) electrons. The molecule has 408 valence electrons. The molecule has 0 aliphatic carbocycles. The fraction of sp³-hybridized carbons (Fsp3) is 0.582. The second-order valence-corrected chi connectivity index (χ2v) is 22.1. The van der Waals surface area contributed by atoms with E-state index in [0.717, 1.165) is 27.9 Å².